The van der Waals surface area contributed by atoms with Crippen LogP contribution >= 0.6 is 11.3 Å². The van der Waals surface area contributed by atoms with Gasteiger partial charge in [-0.1, -0.05) is 0 Å². The van der Waals surface area contributed by atoms with Crippen molar-refractivity contribution >= 4 is 33.3 Å². The highest BCUT2D eigenvalue weighted by Crippen LogP contribution is 2.26. The topological polar surface area (TPSA) is 69.8 Å². The van der Waals surface area contributed by atoms with E-state index in [2.05, 4.69) is 20.6 Å². The first-order valence-electron chi connectivity index (χ1n) is 6.87. The lowest BCUT2D eigenvalue weighted by atomic mass is 10.1. The van der Waals surface area contributed by atoms with Crippen molar-refractivity contribution in [3.05, 3.63) is 46.6 Å². The quantitative estimate of drug-likeness (QED) is 0.681. The van der Waals surface area contributed by atoms with Gasteiger partial charge in [-0.15, -0.1) is 11.3 Å². The summed E-state index contributed by atoms with van der Waals surface area (Å²) in [6.07, 6.45) is 2.80. The Morgan fingerprint density at radius 2 is 2.29 bits per heavy atom. The molecule has 1 aliphatic heterocycles. The molecular weight excluding hydrogens is 284 g/mol. The first-order valence-corrected chi connectivity index (χ1v) is 7.69. The van der Waals surface area contributed by atoms with Gasteiger partial charge in [-0.05, 0) is 24.3 Å². The maximum Gasteiger partial charge on any atom is 0.257 e. The molecule has 0 bridgehead atoms. The van der Waals surface area contributed by atoms with Crippen LogP contribution in [0.2, 0.25) is 0 Å². The molecule has 0 aliphatic carbocycles. The van der Waals surface area contributed by atoms with Gasteiger partial charge in [0.2, 0.25) is 0 Å². The van der Waals surface area contributed by atoms with Gasteiger partial charge in [-0.3, -0.25) is 10.1 Å². The smallest absolute Gasteiger partial charge is 0.257 e. The molecule has 0 fully saturated rings. The summed E-state index contributed by atoms with van der Waals surface area (Å²) in [5, 5.41) is 7.93. The third-order valence-electron chi connectivity index (χ3n) is 3.64. The van der Waals surface area contributed by atoms with Gasteiger partial charge >= 0.3 is 0 Å². The number of anilines is 1. The average Bonchev–Trinajstić information content (AvgIpc) is 3.11. The predicted molar refractivity (Wildman–Crippen MR) is 83.8 cm³/mol. The molecule has 0 saturated carbocycles. The van der Waals surface area contributed by atoms with Gasteiger partial charge in [0.05, 0.1) is 5.69 Å². The van der Waals surface area contributed by atoms with Crippen LogP contribution in [0.4, 0.5) is 5.13 Å². The number of rotatable bonds is 2. The molecule has 6 heteroatoms. The maximum absolute atomic E-state index is 12.3. The lowest BCUT2D eigenvalue weighted by molar-refractivity contribution is 0.102. The Labute approximate surface area is 125 Å². The number of aromatic nitrogens is 2. The second-order valence-electron chi connectivity index (χ2n) is 5.05. The number of hydrogen-bond donors (Lipinski definition) is 3. The normalized spacial score (nSPS) is 14.1. The van der Waals surface area contributed by atoms with Crippen LogP contribution in [0.25, 0.3) is 10.9 Å². The second-order valence-corrected chi connectivity index (χ2v) is 6.13. The Kier molecular flexibility index (Phi) is 2.98. The van der Waals surface area contributed by atoms with Gasteiger partial charge in [-0.25, -0.2) is 4.98 Å². The van der Waals surface area contributed by atoms with E-state index < -0.39 is 0 Å². The molecule has 3 heterocycles. The van der Waals surface area contributed by atoms with Crippen LogP contribution in [0, 0.1) is 0 Å². The number of carbonyl (C=O) groups is 1. The highest BCUT2D eigenvalue weighted by Gasteiger charge is 2.16. The molecule has 0 radical (unpaired) electrons. The summed E-state index contributed by atoms with van der Waals surface area (Å²) in [5.41, 5.74) is 2.78. The Bertz CT molecular complexity index is 797. The van der Waals surface area contributed by atoms with Crippen LogP contribution in [-0.2, 0) is 13.0 Å². The lowest BCUT2D eigenvalue weighted by Gasteiger charge is -2.09. The van der Waals surface area contributed by atoms with Gasteiger partial charge < -0.3 is 10.3 Å². The number of fused-ring (bicyclic) bond motifs is 2. The molecule has 0 unspecified atom stereocenters. The van der Waals surface area contributed by atoms with Gasteiger partial charge in [0.25, 0.3) is 5.91 Å². The minimum atomic E-state index is -0.114. The molecule has 2 aromatic heterocycles. The van der Waals surface area contributed by atoms with E-state index in [9.17, 15) is 4.79 Å². The van der Waals surface area contributed by atoms with E-state index in [4.69, 9.17) is 0 Å². The molecule has 1 aliphatic rings. The molecular formula is C15H14N4OS. The molecule has 106 valence electrons. The molecule has 3 N–H and O–H groups in total. The Morgan fingerprint density at radius 1 is 1.33 bits per heavy atom. The zero-order chi connectivity index (χ0) is 14.2. The van der Waals surface area contributed by atoms with Crippen LogP contribution in [0.15, 0.2) is 30.5 Å². The summed E-state index contributed by atoms with van der Waals surface area (Å²) >= 11 is 1.55. The van der Waals surface area contributed by atoms with Crippen LogP contribution in [0.5, 0.6) is 0 Å². The predicted octanol–water partition coefficient (Wildman–Crippen LogP) is 2.52. The number of nitrogens with one attached hydrogen (secondary N) is 3. The molecule has 0 saturated heterocycles. The van der Waals surface area contributed by atoms with Crippen molar-refractivity contribution in [1.82, 2.24) is 15.3 Å². The van der Waals surface area contributed by atoms with Crippen molar-refractivity contribution in [2.24, 2.45) is 0 Å². The van der Waals surface area contributed by atoms with Crippen LogP contribution < -0.4 is 10.6 Å². The fourth-order valence-electron chi connectivity index (χ4n) is 2.54. The number of carbonyl (C=O) groups excluding carboxylic acids is 1. The molecule has 0 atom stereocenters. The van der Waals surface area contributed by atoms with Crippen LogP contribution in [0.3, 0.4) is 0 Å². The monoisotopic (exact) mass is 298 g/mol. The van der Waals surface area contributed by atoms with E-state index in [1.165, 1.54) is 4.88 Å². The summed E-state index contributed by atoms with van der Waals surface area (Å²) in [4.78, 5) is 21.2. The van der Waals surface area contributed by atoms with Crippen molar-refractivity contribution in [3.8, 4) is 0 Å². The number of H-pyrrole nitrogens is 1. The first-order chi connectivity index (χ1) is 10.3. The minimum absolute atomic E-state index is 0.114. The number of hydrogen-bond acceptors (Lipinski definition) is 4. The minimum Gasteiger partial charge on any atom is -0.361 e. The zero-order valence-electron chi connectivity index (χ0n) is 11.3. The van der Waals surface area contributed by atoms with E-state index in [0.717, 1.165) is 36.1 Å². The van der Waals surface area contributed by atoms with Crippen molar-refractivity contribution in [3.63, 3.8) is 0 Å². The second kappa shape index (κ2) is 4.98. The van der Waals surface area contributed by atoms with E-state index in [-0.39, 0.29) is 5.91 Å². The zero-order valence-corrected chi connectivity index (χ0v) is 12.1. The van der Waals surface area contributed by atoms with E-state index >= 15 is 0 Å². The third kappa shape index (κ3) is 2.32. The number of thiazole rings is 1. The highest BCUT2D eigenvalue weighted by atomic mass is 32.1. The standard InChI is InChI=1S/C15H14N4OS/c20-14(10-1-2-11-9(7-10)3-6-17-11)19-15-18-12-4-5-16-8-13(12)21-15/h1-3,6-7,16-17H,4-5,8H2,(H,18,19,20). The average molecular weight is 298 g/mol. The molecule has 0 spiro atoms. The van der Waals surface area contributed by atoms with Gasteiger partial charge in [0.15, 0.2) is 5.13 Å². The molecule has 5 nitrogen and oxygen atoms in total. The van der Waals surface area contributed by atoms with Gasteiger partial charge in [0.1, 0.15) is 0 Å². The van der Waals surface area contributed by atoms with E-state index in [0.29, 0.717) is 10.7 Å². The molecule has 21 heavy (non-hydrogen) atoms. The molecule has 1 amide bonds. The number of benzene rings is 1. The fourth-order valence-corrected chi connectivity index (χ4v) is 3.52. The van der Waals surface area contributed by atoms with Gasteiger partial charge in [-0.2, -0.15) is 0 Å². The summed E-state index contributed by atoms with van der Waals surface area (Å²) in [5.74, 6) is -0.114. The highest BCUT2D eigenvalue weighted by molar-refractivity contribution is 7.15. The number of amides is 1. The SMILES string of the molecule is O=C(Nc1nc2c(s1)CNCC2)c1ccc2[nH]ccc2c1. The van der Waals surface area contributed by atoms with Gasteiger partial charge in [0, 0.05) is 47.1 Å². The first kappa shape index (κ1) is 12.6. The summed E-state index contributed by atoms with van der Waals surface area (Å²) in [6.45, 7) is 1.80. The Hall–Kier alpha value is -2.18. The third-order valence-corrected chi connectivity index (χ3v) is 4.65. The molecule has 3 aromatic rings. The number of nitrogens with zero attached hydrogens (tertiary/aromatic N) is 1. The van der Waals surface area contributed by atoms with E-state index in [1.807, 2.05) is 30.5 Å². The summed E-state index contributed by atoms with van der Waals surface area (Å²) < 4.78 is 0. The molecule has 4 rings (SSSR count). The van der Waals surface area contributed by atoms with Crippen molar-refractivity contribution in [1.29, 1.82) is 0 Å². The van der Waals surface area contributed by atoms with E-state index in [1.54, 1.807) is 11.3 Å². The van der Waals surface area contributed by atoms with Crippen LogP contribution in [-0.4, -0.2) is 22.4 Å². The van der Waals surface area contributed by atoms with Crippen molar-refractivity contribution < 1.29 is 4.79 Å². The summed E-state index contributed by atoms with van der Waals surface area (Å²) in [7, 11) is 0. The largest absolute Gasteiger partial charge is 0.361 e. The maximum atomic E-state index is 12.3. The Balaban J connectivity index is 1.58. The number of aromatic amines is 1. The lowest BCUT2D eigenvalue weighted by Crippen LogP contribution is -2.22. The Morgan fingerprint density at radius 3 is 3.19 bits per heavy atom. The van der Waals surface area contributed by atoms with Crippen LogP contribution in [0.1, 0.15) is 20.9 Å². The molecule has 1 aromatic carbocycles. The van der Waals surface area contributed by atoms with Crippen molar-refractivity contribution in [2.75, 3.05) is 11.9 Å². The summed E-state index contributed by atoms with van der Waals surface area (Å²) in [6, 6.07) is 7.58. The van der Waals surface area contributed by atoms with Crippen molar-refractivity contribution in [2.45, 2.75) is 13.0 Å². The fraction of sp³-hybridized carbons (Fsp3) is 0.200.